The van der Waals surface area contributed by atoms with E-state index in [2.05, 4.69) is 0 Å². The van der Waals surface area contributed by atoms with E-state index in [9.17, 15) is 14.4 Å². The number of carbonyl (C=O) groups is 3. The van der Waals surface area contributed by atoms with E-state index in [1.807, 2.05) is 0 Å². The molecule has 0 spiro atoms. The zero-order valence-electron chi connectivity index (χ0n) is 11.7. The van der Waals surface area contributed by atoms with Crippen LogP contribution in [0.2, 0.25) is 0 Å². The van der Waals surface area contributed by atoms with Gasteiger partial charge in [-0.3, -0.25) is 14.4 Å². The summed E-state index contributed by atoms with van der Waals surface area (Å²) in [6.45, 7) is 2.20. The largest absolute Gasteiger partial charge is 0.481 e. The van der Waals surface area contributed by atoms with E-state index >= 15 is 0 Å². The second-order valence-electron chi connectivity index (χ2n) is 4.45. The summed E-state index contributed by atoms with van der Waals surface area (Å²) >= 11 is 1.33. The molecule has 0 saturated heterocycles. The molecule has 0 aromatic carbocycles. The molecule has 1 atom stereocenters. The normalized spacial score (nSPS) is 18.5. The van der Waals surface area contributed by atoms with Crippen molar-refractivity contribution >= 4 is 29.4 Å². The molecule has 0 saturated carbocycles. The van der Waals surface area contributed by atoms with Gasteiger partial charge in [-0.2, -0.15) is 0 Å². The Kier molecular flexibility index (Phi) is 4.52. The molecule has 7 heteroatoms. The van der Waals surface area contributed by atoms with Crippen LogP contribution in [0.25, 0.3) is 0 Å². The van der Waals surface area contributed by atoms with Crippen molar-refractivity contribution in [3.63, 3.8) is 0 Å². The average Bonchev–Trinajstić information content (AvgIpc) is 3.05. The number of aliphatic carboxylic acids is 1. The minimum Gasteiger partial charge on any atom is -0.481 e. The summed E-state index contributed by atoms with van der Waals surface area (Å²) in [5.74, 6) is -1.85. The number of Topliss-reactive ketones (excluding diaryl/α,β-unsaturated/α-hetero) is 1. The van der Waals surface area contributed by atoms with Crippen LogP contribution in [-0.2, 0) is 9.59 Å². The van der Waals surface area contributed by atoms with Gasteiger partial charge in [-0.15, -0.1) is 11.8 Å². The maximum atomic E-state index is 12.5. The third kappa shape index (κ3) is 2.73. The lowest BCUT2D eigenvalue weighted by Crippen LogP contribution is -2.34. The lowest BCUT2D eigenvalue weighted by Gasteiger charge is -2.23. The van der Waals surface area contributed by atoms with Crippen LogP contribution in [0, 0.1) is 0 Å². The summed E-state index contributed by atoms with van der Waals surface area (Å²) in [7, 11) is 0. The van der Waals surface area contributed by atoms with E-state index in [0.717, 1.165) is 0 Å². The number of furan rings is 1. The molecule has 21 heavy (non-hydrogen) atoms. The van der Waals surface area contributed by atoms with E-state index in [4.69, 9.17) is 9.52 Å². The van der Waals surface area contributed by atoms with Crippen LogP contribution in [0.4, 0.5) is 0 Å². The quantitative estimate of drug-likeness (QED) is 0.806. The van der Waals surface area contributed by atoms with Crippen molar-refractivity contribution in [2.75, 3.05) is 12.8 Å². The molecular weight excluding hydrogens is 294 g/mol. The predicted molar refractivity (Wildman–Crippen MR) is 77.0 cm³/mol. The molecule has 0 bridgehead atoms. The van der Waals surface area contributed by atoms with Gasteiger partial charge in [0.1, 0.15) is 5.37 Å². The van der Waals surface area contributed by atoms with Crippen molar-refractivity contribution in [3.8, 4) is 0 Å². The van der Waals surface area contributed by atoms with Crippen LogP contribution in [-0.4, -0.2) is 45.8 Å². The van der Waals surface area contributed by atoms with E-state index in [1.165, 1.54) is 29.0 Å². The molecule has 1 unspecified atom stereocenters. The van der Waals surface area contributed by atoms with Crippen molar-refractivity contribution in [3.05, 3.63) is 35.3 Å². The molecule has 0 fully saturated rings. The molecule has 1 aromatic rings. The third-order valence-corrected chi connectivity index (χ3v) is 4.19. The van der Waals surface area contributed by atoms with Gasteiger partial charge in [0.05, 0.1) is 12.7 Å². The number of ketones is 1. The van der Waals surface area contributed by atoms with Gasteiger partial charge >= 0.3 is 5.97 Å². The molecule has 1 amide bonds. The van der Waals surface area contributed by atoms with Gasteiger partial charge in [0.2, 0.25) is 5.78 Å². The van der Waals surface area contributed by atoms with E-state index in [-0.39, 0.29) is 16.9 Å². The van der Waals surface area contributed by atoms with Gasteiger partial charge in [0.25, 0.3) is 5.91 Å². The Balaban J connectivity index is 2.51. The van der Waals surface area contributed by atoms with Crippen molar-refractivity contribution in [2.45, 2.75) is 18.7 Å². The molecule has 1 aliphatic rings. The Morgan fingerprint density at radius 2 is 2.19 bits per heavy atom. The number of carbonyl (C=O) groups excluding carboxylic acids is 2. The van der Waals surface area contributed by atoms with Crippen LogP contribution in [0.1, 0.15) is 23.9 Å². The number of carboxylic acid groups (broad SMARTS) is 1. The summed E-state index contributed by atoms with van der Waals surface area (Å²) in [5, 5.41) is 8.52. The highest BCUT2D eigenvalue weighted by atomic mass is 32.2. The molecule has 1 N–H and O–H groups in total. The fourth-order valence-corrected chi connectivity index (χ4v) is 3.35. The molecular formula is C14H15NO5S. The Morgan fingerprint density at radius 3 is 2.67 bits per heavy atom. The Hall–Kier alpha value is -2.02. The summed E-state index contributed by atoms with van der Waals surface area (Å²) in [6.07, 6.45) is 2.68. The number of carboxylic acids is 1. The topological polar surface area (TPSA) is 87.8 Å². The molecule has 1 aromatic heterocycles. The first-order chi connectivity index (χ1) is 10.0. The van der Waals surface area contributed by atoms with Gasteiger partial charge in [-0.1, -0.05) is 0 Å². The average molecular weight is 309 g/mol. The molecule has 6 nitrogen and oxygen atoms in total. The highest BCUT2D eigenvalue weighted by molar-refractivity contribution is 7.99. The van der Waals surface area contributed by atoms with Gasteiger partial charge in [0, 0.05) is 17.7 Å². The Bertz CT molecular complexity index is 605. The number of nitrogens with zero attached hydrogens (tertiary/aromatic N) is 1. The van der Waals surface area contributed by atoms with Gasteiger partial charge in [-0.05, 0) is 25.3 Å². The first kappa shape index (κ1) is 15.4. The number of hydrogen-bond donors (Lipinski definition) is 1. The highest BCUT2D eigenvalue weighted by Crippen LogP contribution is 2.35. The summed E-state index contributed by atoms with van der Waals surface area (Å²) in [5.41, 5.74) is 0.261. The SMILES string of the molecule is CCN1C(=O)C(CC(=O)O)=C(C(=O)c2ccco2)C1SC. The fourth-order valence-electron chi connectivity index (χ4n) is 2.37. The zero-order chi connectivity index (χ0) is 15.6. The maximum Gasteiger partial charge on any atom is 0.308 e. The fraction of sp³-hybridized carbons (Fsp3) is 0.357. The smallest absolute Gasteiger partial charge is 0.308 e. The molecule has 0 aliphatic carbocycles. The van der Waals surface area contributed by atoms with E-state index in [1.54, 1.807) is 19.2 Å². The summed E-state index contributed by atoms with van der Waals surface area (Å²) < 4.78 is 5.09. The molecule has 2 rings (SSSR count). The monoisotopic (exact) mass is 309 g/mol. The van der Waals surface area contributed by atoms with Crippen molar-refractivity contribution in [1.82, 2.24) is 4.90 Å². The second-order valence-corrected chi connectivity index (χ2v) is 5.37. The minimum atomic E-state index is -1.14. The number of likely N-dealkylation sites (N-methyl/N-ethyl adjacent to an activating group) is 1. The van der Waals surface area contributed by atoms with Crippen LogP contribution >= 0.6 is 11.8 Å². The Morgan fingerprint density at radius 1 is 1.48 bits per heavy atom. The van der Waals surface area contributed by atoms with Crippen LogP contribution in [0.15, 0.2) is 34.0 Å². The molecule has 112 valence electrons. The third-order valence-electron chi connectivity index (χ3n) is 3.26. The van der Waals surface area contributed by atoms with Crippen LogP contribution < -0.4 is 0 Å². The first-order valence-corrected chi connectivity index (χ1v) is 7.66. The van der Waals surface area contributed by atoms with Crippen molar-refractivity contribution in [1.29, 1.82) is 0 Å². The number of amides is 1. The summed E-state index contributed by atoms with van der Waals surface area (Å²) in [4.78, 5) is 37.4. The molecule has 1 aliphatic heterocycles. The van der Waals surface area contributed by atoms with Crippen molar-refractivity contribution < 1.29 is 23.9 Å². The summed E-state index contributed by atoms with van der Waals surface area (Å²) in [6, 6.07) is 3.08. The van der Waals surface area contributed by atoms with Crippen LogP contribution in [0.5, 0.6) is 0 Å². The van der Waals surface area contributed by atoms with E-state index < -0.39 is 29.5 Å². The minimum absolute atomic E-state index is 0.0464. The predicted octanol–water partition coefficient (Wildman–Crippen LogP) is 1.78. The highest BCUT2D eigenvalue weighted by Gasteiger charge is 2.42. The first-order valence-electron chi connectivity index (χ1n) is 6.38. The van der Waals surface area contributed by atoms with E-state index in [0.29, 0.717) is 6.54 Å². The van der Waals surface area contributed by atoms with Crippen LogP contribution in [0.3, 0.4) is 0 Å². The lowest BCUT2D eigenvalue weighted by atomic mass is 10.0. The lowest BCUT2D eigenvalue weighted by molar-refractivity contribution is -0.137. The number of thioether (sulfide) groups is 1. The van der Waals surface area contributed by atoms with Gasteiger partial charge in [0.15, 0.2) is 5.76 Å². The molecule has 0 radical (unpaired) electrons. The number of hydrogen-bond acceptors (Lipinski definition) is 5. The Labute approximate surface area is 125 Å². The van der Waals surface area contributed by atoms with Gasteiger partial charge in [-0.25, -0.2) is 0 Å². The zero-order valence-corrected chi connectivity index (χ0v) is 12.5. The maximum absolute atomic E-state index is 12.5. The molecule has 2 heterocycles. The van der Waals surface area contributed by atoms with Gasteiger partial charge < -0.3 is 14.4 Å². The standard InChI is InChI=1S/C14H15NO5S/c1-3-15-13(19)8(7-10(16)17)11(14(15)21-2)12(18)9-5-4-6-20-9/h4-6,14H,3,7H2,1-2H3,(H,16,17). The number of rotatable bonds is 6. The van der Waals surface area contributed by atoms with Crippen molar-refractivity contribution in [2.24, 2.45) is 0 Å². The second kappa shape index (κ2) is 6.17.